The predicted octanol–water partition coefficient (Wildman–Crippen LogP) is 4.23. The van der Waals surface area contributed by atoms with Gasteiger partial charge in [-0.2, -0.15) is 0 Å². The van der Waals surface area contributed by atoms with Crippen molar-refractivity contribution in [3.8, 4) is 0 Å². The Labute approximate surface area is 196 Å². The minimum absolute atomic E-state index is 0.104. The van der Waals surface area contributed by atoms with Crippen molar-refractivity contribution in [2.24, 2.45) is 5.92 Å². The van der Waals surface area contributed by atoms with Gasteiger partial charge in [-0.05, 0) is 38.8 Å². The van der Waals surface area contributed by atoms with Crippen molar-refractivity contribution < 1.29 is 9.59 Å². The van der Waals surface area contributed by atoms with Gasteiger partial charge in [0.15, 0.2) is 16.1 Å². The smallest absolute Gasteiger partial charge is 0.251 e. The zero-order chi connectivity index (χ0) is 23.3. The molecule has 170 valence electrons. The summed E-state index contributed by atoms with van der Waals surface area (Å²) in [5, 5.41) is 15.8. The van der Waals surface area contributed by atoms with Gasteiger partial charge >= 0.3 is 0 Å². The summed E-state index contributed by atoms with van der Waals surface area (Å²) in [5.41, 5.74) is 1.64. The molecule has 0 aliphatic rings. The van der Waals surface area contributed by atoms with Crippen molar-refractivity contribution >= 4 is 40.0 Å². The highest BCUT2D eigenvalue weighted by molar-refractivity contribution is 7.99. The third-order valence-electron chi connectivity index (χ3n) is 4.77. The zero-order valence-electron chi connectivity index (χ0n) is 18.9. The van der Waals surface area contributed by atoms with E-state index in [2.05, 4.69) is 25.8 Å². The van der Waals surface area contributed by atoms with Crippen LogP contribution in [-0.2, 0) is 11.3 Å². The van der Waals surface area contributed by atoms with Gasteiger partial charge in [0.1, 0.15) is 0 Å². The van der Waals surface area contributed by atoms with Crippen LogP contribution in [0.5, 0.6) is 0 Å². The van der Waals surface area contributed by atoms with Crippen LogP contribution >= 0.6 is 23.1 Å². The van der Waals surface area contributed by atoms with Gasteiger partial charge in [-0.15, -0.1) is 21.5 Å². The molecule has 0 aliphatic carbocycles. The van der Waals surface area contributed by atoms with Crippen molar-refractivity contribution in [1.82, 2.24) is 25.1 Å². The van der Waals surface area contributed by atoms with Crippen LogP contribution < -0.4 is 10.6 Å². The van der Waals surface area contributed by atoms with Crippen LogP contribution in [0.2, 0.25) is 0 Å². The predicted molar refractivity (Wildman–Crippen MR) is 128 cm³/mol. The van der Waals surface area contributed by atoms with Crippen LogP contribution in [0.4, 0.5) is 5.13 Å². The maximum atomic E-state index is 12.9. The number of nitrogens with one attached hydrogen (secondary N) is 2. The fraction of sp³-hybridized carbons (Fsp3) is 0.409. The standard InChI is InChI=1S/C22H28N6O2S2/c1-6-28-19(18(13(2)3)25-20(30)16-9-7-8-14(4)10-16)26-27-22(28)31-12-17(29)24-21-23-11-15(5)32-21/h7-11,13,18H,6,12H2,1-5H3,(H,25,30)(H,23,24,29)/t18-/m1/s1. The second-order valence-electron chi connectivity index (χ2n) is 7.76. The molecular formula is C22H28N6O2S2. The van der Waals surface area contributed by atoms with Gasteiger partial charge < -0.3 is 15.2 Å². The molecule has 2 amide bonds. The molecule has 0 aliphatic heterocycles. The van der Waals surface area contributed by atoms with Crippen molar-refractivity contribution in [2.75, 3.05) is 11.1 Å². The van der Waals surface area contributed by atoms with Gasteiger partial charge in [-0.25, -0.2) is 4.98 Å². The molecule has 2 heterocycles. The normalized spacial score (nSPS) is 12.1. The molecule has 0 saturated heterocycles. The summed E-state index contributed by atoms with van der Waals surface area (Å²) >= 11 is 2.75. The second kappa shape index (κ2) is 10.7. The number of aromatic nitrogens is 4. The highest BCUT2D eigenvalue weighted by atomic mass is 32.2. The molecule has 0 spiro atoms. The van der Waals surface area contributed by atoms with E-state index in [1.807, 2.05) is 57.4 Å². The lowest BCUT2D eigenvalue weighted by Gasteiger charge is -2.22. The third-order valence-corrected chi connectivity index (χ3v) is 6.57. The summed E-state index contributed by atoms with van der Waals surface area (Å²) in [6.07, 6.45) is 1.73. The number of thiazole rings is 1. The average Bonchev–Trinajstić information content (AvgIpc) is 3.35. The molecule has 0 fully saturated rings. The number of benzene rings is 1. The first-order valence-electron chi connectivity index (χ1n) is 10.4. The lowest BCUT2D eigenvalue weighted by Crippen LogP contribution is -2.33. The lowest BCUT2D eigenvalue weighted by atomic mass is 10.0. The van der Waals surface area contributed by atoms with Crippen molar-refractivity contribution in [3.05, 3.63) is 52.3 Å². The highest BCUT2D eigenvalue weighted by Crippen LogP contribution is 2.26. The van der Waals surface area contributed by atoms with Gasteiger partial charge in [0.2, 0.25) is 5.91 Å². The second-order valence-corrected chi connectivity index (χ2v) is 9.94. The van der Waals surface area contributed by atoms with E-state index in [0.29, 0.717) is 28.2 Å². The Hall–Kier alpha value is -2.72. The summed E-state index contributed by atoms with van der Waals surface area (Å²) < 4.78 is 1.95. The van der Waals surface area contributed by atoms with E-state index in [0.717, 1.165) is 10.4 Å². The maximum absolute atomic E-state index is 12.9. The van der Waals surface area contributed by atoms with Gasteiger partial charge in [0.05, 0.1) is 11.8 Å². The van der Waals surface area contributed by atoms with Gasteiger partial charge in [0.25, 0.3) is 5.91 Å². The van der Waals surface area contributed by atoms with Crippen LogP contribution in [0.1, 0.15) is 53.4 Å². The first-order valence-corrected chi connectivity index (χ1v) is 12.2. The Balaban J connectivity index is 1.71. The molecule has 10 heteroatoms. The first kappa shape index (κ1) is 23.9. The number of thioether (sulfide) groups is 1. The Kier molecular flexibility index (Phi) is 8.03. The number of hydrogen-bond donors (Lipinski definition) is 2. The summed E-state index contributed by atoms with van der Waals surface area (Å²) in [7, 11) is 0. The van der Waals surface area contributed by atoms with Crippen LogP contribution in [0.15, 0.2) is 35.6 Å². The molecule has 0 saturated carbocycles. The summed E-state index contributed by atoms with van der Waals surface area (Å²) in [6.45, 7) is 10.6. The zero-order valence-corrected chi connectivity index (χ0v) is 20.5. The average molecular weight is 473 g/mol. The van der Waals surface area contributed by atoms with E-state index in [-0.39, 0.29) is 29.5 Å². The van der Waals surface area contributed by atoms with Crippen LogP contribution in [0.3, 0.4) is 0 Å². The number of nitrogens with zero attached hydrogens (tertiary/aromatic N) is 4. The van der Waals surface area contributed by atoms with Crippen molar-refractivity contribution in [1.29, 1.82) is 0 Å². The highest BCUT2D eigenvalue weighted by Gasteiger charge is 2.26. The number of rotatable bonds is 9. The summed E-state index contributed by atoms with van der Waals surface area (Å²) in [4.78, 5) is 30.3. The first-order chi connectivity index (χ1) is 15.3. The maximum Gasteiger partial charge on any atom is 0.251 e. The number of carbonyl (C=O) groups is 2. The van der Waals surface area contributed by atoms with E-state index in [9.17, 15) is 9.59 Å². The molecule has 8 nitrogen and oxygen atoms in total. The number of hydrogen-bond acceptors (Lipinski definition) is 7. The Morgan fingerprint density at radius 3 is 2.62 bits per heavy atom. The largest absolute Gasteiger partial charge is 0.342 e. The van der Waals surface area contributed by atoms with E-state index >= 15 is 0 Å². The van der Waals surface area contributed by atoms with Crippen LogP contribution in [0.25, 0.3) is 0 Å². The third kappa shape index (κ3) is 5.95. The van der Waals surface area contributed by atoms with Gasteiger partial charge in [-0.3, -0.25) is 9.59 Å². The van der Waals surface area contributed by atoms with Crippen molar-refractivity contribution in [2.45, 2.75) is 52.4 Å². The molecule has 1 atom stereocenters. The Morgan fingerprint density at radius 1 is 1.22 bits per heavy atom. The fourth-order valence-electron chi connectivity index (χ4n) is 3.17. The molecule has 2 aromatic heterocycles. The molecule has 3 rings (SSSR count). The summed E-state index contributed by atoms with van der Waals surface area (Å²) in [6, 6.07) is 7.18. The van der Waals surface area contributed by atoms with E-state index in [4.69, 9.17) is 0 Å². The Bertz CT molecular complexity index is 1090. The van der Waals surface area contributed by atoms with Gasteiger partial charge in [-0.1, -0.05) is 43.3 Å². The Morgan fingerprint density at radius 2 is 2.00 bits per heavy atom. The minimum atomic E-state index is -0.308. The molecule has 32 heavy (non-hydrogen) atoms. The summed E-state index contributed by atoms with van der Waals surface area (Å²) in [5.74, 6) is 0.684. The van der Waals surface area contributed by atoms with E-state index in [1.165, 1.54) is 23.1 Å². The molecule has 1 aromatic carbocycles. The molecular weight excluding hydrogens is 444 g/mol. The molecule has 0 bridgehead atoms. The number of anilines is 1. The van der Waals surface area contributed by atoms with Crippen LogP contribution in [-0.4, -0.2) is 37.3 Å². The topological polar surface area (TPSA) is 102 Å². The molecule has 2 N–H and O–H groups in total. The number of amides is 2. The molecule has 0 unspecified atom stereocenters. The van der Waals surface area contributed by atoms with Crippen LogP contribution in [0, 0.1) is 19.8 Å². The van der Waals surface area contributed by atoms with E-state index < -0.39 is 0 Å². The van der Waals surface area contributed by atoms with E-state index in [1.54, 1.807) is 12.3 Å². The fourth-order valence-corrected chi connectivity index (χ4v) is 4.66. The minimum Gasteiger partial charge on any atom is -0.342 e. The monoisotopic (exact) mass is 472 g/mol. The number of carbonyl (C=O) groups excluding carboxylic acids is 2. The molecule has 0 radical (unpaired) electrons. The molecule has 3 aromatic rings. The van der Waals surface area contributed by atoms with Crippen molar-refractivity contribution in [3.63, 3.8) is 0 Å². The lowest BCUT2D eigenvalue weighted by molar-refractivity contribution is -0.113. The number of aryl methyl sites for hydroxylation is 2. The SMILES string of the molecule is CCn1c(SCC(=O)Nc2ncc(C)s2)nnc1[C@H](NC(=O)c1cccc(C)c1)C(C)C. The quantitative estimate of drug-likeness (QED) is 0.452. The van der Waals surface area contributed by atoms with Gasteiger partial charge in [0, 0.05) is 23.2 Å².